The quantitative estimate of drug-likeness (QED) is 0.604. The maximum absolute atomic E-state index is 12.9. The van der Waals surface area contributed by atoms with Crippen molar-refractivity contribution in [3.8, 4) is 11.3 Å². The summed E-state index contributed by atoms with van der Waals surface area (Å²) >= 11 is 0. The number of hydrogen-bond donors (Lipinski definition) is 0. The first kappa shape index (κ1) is 18.8. The molecular weight excluding hydrogens is 361 g/mol. The van der Waals surface area contributed by atoms with E-state index in [4.69, 9.17) is 9.15 Å². The summed E-state index contributed by atoms with van der Waals surface area (Å²) in [5.74, 6) is 0.444. The standard InChI is InChI=1S/C19H17F3N2O3/c1-3-26-18(25)15-9-23-24(11-15)10-14-8-17(27-12(14)2)13-5-4-6-16(7-13)19(20,21)22/h4-9,11H,3,10H2,1-2H3. The zero-order chi connectivity index (χ0) is 19.6. The predicted octanol–water partition coefficient (Wildman–Crippen LogP) is 4.70. The zero-order valence-electron chi connectivity index (χ0n) is 14.7. The SMILES string of the molecule is CCOC(=O)c1cnn(Cc2cc(-c3cccc(C(F)(F)F)c3)oc2C)c1. The van der Waals surface area contributed by atoms with E-state index in [2.05, 4.69) is 5.10 Å². The molecule has 0 unspecified atom stereocenters. The van der Waals surface area contributed by atoms with Crippen molar-refractivity contribution < 1.29 is 27.1 Å². The molecule has 2 heterocycles. The van der Waals surface area contributed by atoms with Crippen molar-refractivity contribution in [3.05, 3.63) is 65.2 Å². The van der Waals surface area contributed by atoms with Crippen molar-refractivity contribution in [3.63, 3.8) is 0 Å². The Hall–Kier alpha value is -3.03. The van der Waals surface area contributed by atoms with Crippen LogP contribution >= 0.6 is 0 Å². The Morgan fingerprint density at radius 3 is 2.78 bits per heavy atom. The number of benzene rings is 1. The largest absolute Gasteiger partial charge is 0.462 e. The van der Waals surface area contributed by atoms with E-state index in [1.807, 2.05) is 0 Å². The summed E-state index contributed by atoms with van der Waals surface area (Å²) < 4.78 is 50.8. The lowest BCUT2D eigenvalue weighted by Gasteiger charge is -2.07. The number of esters is 1. The number of carbonyl (C=O) groups is 1. The highest BCUT2D eigenvalue weighted by atomic mass is 19.4. The van der Waals surface area contributed by atoms with Crippen LogP contribution < -0.4 is 0 Å². The van der Waals surface area contributed by atoms with Gasteiger partial charge in [-0.2, -0.15) is 18.3 Å². The number of ether oxygens (including phenoxy) is 1. The van der Waals surface area contributed by atoms with E-state index >= 15 is 0 Å². The van der Waals surface area contributed by atoms with E-state index in [1.165, 1.54) is 12.3 Å². The molecule has 0 N–H and O–H groups in total. The first-order valence-corrected chi connectivity index (χ1v) is 8.24. The van der Waals surface area contributed by atoms with E-state index < -0.39 is 17.7 Å². The first-order chi connectivity index (χ1) is 12.8. The van der Waals surface area contributed by atoms with Gasteiger partial charge in [0.25, 0.3) is 0 Å². The second-order valence-corrected chi connectivity index (χ2v) is 5.92. The predicted molar refractivity (Wildman–Crippen MR) is 91.2 cm³/mol. The van der Waals surface area contributed by atoms with Crippen LogP contribution in [0.2, 0.25) is 0 Å². The van der Waals surface area contributed by atoms with Crippen molar-refractivity contribution in [2.75, 3.05) is 6.61 Å². The van der Waals surface area contributed by atoms with Gasteiger partial charge >= 0.3 is 12.1 Å². The lowest BCUT2D eigenvalue weighted by atomic mass is 10.1. The maximum Gasteiger partial charge on any atom is 0.416 e. The Balaban J connectivity index is 1.82. The minimum Gasteiger partial charge on any atom is -0.462 e. The maximum atomic E-state index is 12.9. The second-order valence-electron chi connectivity index (χ2n) is 5.92. The Morgan fingerprint density at radius 2 is 2.07 bits per heavy atom. The molecule has 0 atom stereocenters. The van der Waals surface area contributed by atoms with Crippen molar-refractivity contribution >= 4 is 5.97 Å². The molecule has 8 heteroatoms. The average molecular weight is 378 g/mol. The van der Waals surface area contributed by atoms with Crippen molar-refractivity contribution in [2.45, 2.75) is 26.6 Å². The van der Waals surface area contributed by atoms with Gasteiger partial charge in [0.05, 0.1) is 30.5 Å². The number of aromatic nitrogens is 2. The molecule has 0 radical (unpaired) electrons. The first-order valence-electron chi connectivity index (χ1n) is 8.24. The Kier molecular flexibility index (Phi) is 5.07. The fourth-order valence-corrected chi connectivity index (χ4v) is 2.61. The highest BCUT2D eigenvalue weighted by Crippen LogP contribution is 2.33. The molecule has 0 fully saturated rings. The van der Waals surface area contributed by atoms with Crippen LogP contribution in [-0.4, -0.2) is 22.4 Å². The fourth-order valence-electron chi connectivity index (χ4n) is 2.61. The minimum absolute atomic E-state index is 0.269. The molecule has 3 rings (SSSR count). The van der Waals surface area contributed by atoms with Crippen LogP contribution in [0.3, 0.4) is 0 Å². The van der Waals surface area contributed by atoms with Crippen molar-refractivity contribution in [1.82, 2.24) is 9.78 Å². The molecule has 0 saturated carbocycles. The number of nitrogens with zero attached hydrogens (tertiary/aromatic N) is 2. The molecule has 0 aliphatic heterocycles. The molecule has 1 aromatic carbocycles. The van der Waals surface area contributed by atoms with E-state index in [1.54, 1.807) is 36.9 Å². The summed E-state index contributed by atoms with van der Waals surface area (Å²) in [6.45, 7) is 4.02. The fraction of sp³-hybridized carbons (Fsp3) is 0.263. The molecule has 2 aromatic heterocycles. The molecule has 5 nitrogen and oxygen atoms in total. The highest BCUT2D eigenvalue weighted by molar-refractivity contribution is 5.88. The van der Waals surface area contributed by atoms with E-state index in [0.717, 1.165) is 17.7 Å². The van der Waals surface area contributed by atoms with Crippen molar-refractivity contribution in [1.29, 1.82) is 0 Å². The third-order valence-corrected chi connectivity index (χ3v) is 3.97. The summed E-state index contributed by atoms with van der Waals surface area (Å²) in [6, 6.07) is 6.64. The van der Waals surface area contributed by atoms with Gasteiger partial charge in [-0.3, -0.25) is 4.68 Å². The molecule has 0 bridgehead atoms. The molecular formula is C19H17F3N2O3. The number of alkyl halides is 3. The summed E-state index contributed by atoms with van der Waals surface area (Å²) in [4.78, 5) is 11.7. The van der Waals surface area contributed by atoms with Crippen LogP contribution in [0.4, 0.5) is 13.2 Å². The van der Waals surface area contributed by atoms with Gasteiger partial charge in [0.15, 0.2) is 0 Å². The molecule has 3 aromatic rings. The van der Waals surface area contributed by atoms with Crippen LogP contribution in [0.1, 0.15) is 34.2 Å². The Morgan fingerprint density at radius 1 is 1.30 bits per heavy atom. The normalized spacial score (nSPS) is 11.6. The van der Waals surface area contributed by atoms with Crippen LogP contribution in [0.5, 0.6) is 0 Å². The highest BCUT2D eigenvalue weighted by Gasteiger charge is 2.30. The molecule has 0 aliphatic carbocycles. The summed E-state index contributed by atoms with van der Waals surface area (Å²) in [7, 11) is 0. The number of halogens is 3. The smallest absolute Gasteiger partial charge is 0.416 e. The molecule has 0 aliphatic rings. The van der Waals surface area contributed by atoms with Crippen LogP contribution in [0.15, 0.2) is 47.1 Å². The summed E-state index contributed by atoms with van der Waals surface area (Å²) in [6.07, 6.45) is -1.46. The Bertz CT molecular complexity index is 957. The summed E-state index contributed by atoms with van der Waals surface area (Å²) in [5, 5.41) is 4.11. The third kappa shape index (κ3) is 4.21. The molecule has 27 heavy (non-hydrogen) atoms. The lowest BCUT2D eigenvalue weighted by Crippen LogP contribution is -2.04. The minimum atomic E-state index is -4.42. The van der Waals surface area contributed by atoms with Gasteiger partial charge < -0.3 is 9.15 Å². The monoisotopic (exact) mass is 378 g/mol. The van der Waals surface area contributed by atoms with Gasteiger partial charge in [0.2, 0.25) is 0 Å². The number of aryl methyl sites for hydroxylation is 1. The topological polar surface area (TPSA) is 57.3 Å². The number of hydrogen-bond acceptors (Lipinski definition) is 4. The third-order valence-electron chi connectivity index (χ3n) is 3.97. The number of carbonyl (C=O) groups excluding carboxylic acids is 1. The summed E-state index contributed by atoms with van der Waals surface area (Å²) in [5.41, 5.74) is 0.686. The molecule has 0 amide bonds. The second kappa shape index (κ2) is 7.30. The van der Waals surface area contributed by atoms with Crippen LogP contribution in [-0.2, 0) is 17.5 Å². The van der Waals surface area contributed by atoms with Crippen LogP contribution in [0.25, 0.3) is 11.3 Å². The average Bonchev–Trinajstić information content (AvgIpc) is 3.22. The number of rotatable bonds is 5. The zero-order valence-corrected chi connectivity index (χ0v) is 14.7. The van der Waals surface area contributed by atoms with E-state index in [9.17, 15) is 18.0 Å². The van der Waals surface area contributed by atoms with Gasteiger partial charge in [0.1, 0.15) is 11.5 Å². The van der Waals surface area contributed by atoms with E-state index in [-0.39, 0.29) is 6.61 Å². The molecule has 0 spiro atoms. The van der Waals surface area contributed by atoms with Gasteiger partial charge in [-0.25, -0.2) is 4.79 Å². The molecule has 142 valence electrons. The van der Waals surface area contributed by atoms with E-state index in [0.29, 0.717) is 29.2 Å². The van der Waals surface area contributed by atoms with Gasteiger partial charge in [-0.1, -0.05) is 12.1 Å². The van der Waals surface area contributed by atoms with Gasteiger partial charge in [0, 0.05) is 17.3 Å². The molecule has 0 saturated heterocycles. The van der Waals surface area contributed by atoms with Crippen LogP contribution in [0, 0.1) is 6.92 Å². The van der Waals surface area contributed by atoms with Gasteiger partial charge in [-0.15, -0.1) is 0 Å². The Labute approximate surface area is 153 Å². The van der Waals surface area contributed by atoms with Gasteiger partial charge in [-0.05, 0) is 32.0 Å². The lowest BCUT2D eigenvalue weighted by molar-refractivity contribution is -0.137. The van der Waals surface area contributed by atoms with Crippen molar-refractivity contribution in [2.24, 2.45) is 0 Å². The number of furan rings is 1.